The van der Waals surface area contributed by atoms with Gasteiger partial charge < -0.3 is 14.2 Å². The van der Waals surface area contributed by atoms with Gasteiger partial charge in [0.05, 0.1) is 11.2 Å². The van der Waals surface area contributed by atoms with E-state index < -0.39 is 0 Å². The lowest BCUT2D eigenvalue weighted by atomic mass is 9.76. The molecular formula is C19H30BNO2. The first-order chi connectivity index (χ1) is 10.7. The van der Waals surface area contributed by atoms with E-state index in [1.807, 2.05) is 0 Å². The molecule has 0 saturated carbocycles. The van der Waals surface area contributed by atoms with Crippen molar-refractivity contribution in [2.24, 2.45) is 5.92 Å². The van der Waals surface area contributed by atoms with Crippen molar-refractivity contribution in [2.45, 2.75) is 65.6 Å². The summed E-state index contributed by atoms with van der Waals surface area (Å²) in [6.07, 6.45) is 2.64. The maximum atomic E-state index is 6.20. The summed E-state index contributed by atoms with van der Waals surface area (Å²) in [6, 6.07) is 6.70. The molecule has 0 amide bonds. The van der Waals surface area contributed by atoms with Crippen LogP contribution in [0.2, 0.25) is 0 Å². The fraction of sp³-hybridized carbons (Fsp3) is 0.684. The molecule has 0 spiro atoms. The molecule has 23 heavy (non-hydrogen) atoms. The lowest BCUT2D eigenvalue weighted by Gasteiger charge is -2.33. The predicted molar refractivity (Wildman–Crippen MR) is 97.5 cm³/mol. The molecule has 1 unspecified atom stereocenters. The zero-order valence-corrected chi connectivity index (χ0v) is 15.5. The van der Waals surface area contributed by atoms with Crippen molar-refractivity contribution in [3.63, 3.8) is 0 Å². The quantitative estimate of drug-likeness (QED) is 0.779. The van der Waals surface area contributed by atoms with Gasteiger partial charge in [0.15, 0.2) is 0 Å². The Balaban J connectivity index is 1.81. The molecule has 126 valence electrons. The summed E-state index contributed by atoms with van der Waals surface area (Å²) in [5, 5.41) is 0. The van der Waals surface area contributed by atoms with E-state index in [2.05, 4.69) is 64.6 Å². The molecule has 0 N–H and O–H groups in total. The highest BCUT2D eigenvalue weighted by molar-refractivity contribution is 6.62. The number of hydrogen-bond donors (Lipinski definition) is 0. The van der Waals surface area contributed by atoms with E-state index in [9.17, 15) is 0 Å². The van der Waals surface area contributed by atoms with Crippen molar-refractivity contribution >= 4 is 18.3 Å². The van der Waals surface area contributed by atoms with Crippen LogP contribution in [0.3, 0.4) is 0 Å². The first-order valence-electron chi connectivity index (χ1n) is 8.91. The average molecular weight is 315 g/mol. The summed E-state index contributed by atoms with van der Waals surface area (Å²) in [4.78, 5) is 2.51. The third kappa shape index (κ3) is 3.16. The van der Waals surface area contributed by atoms with Crippen LogP contribution in [0.5, 0.6) is 0 Å². The molecule has 0 radical (unpaired) electrons. The van der Waals surface area contributed by atoms with Crippen molar-refractivity contribution in [3.8, 4) is 0 Å². The first kappa shape index (κ1) is 16.8. The van der Waals surface area contributed by atoms with Gasteiger partial charge in [-0.2, -0.15) is 0 Å². The second-order valence-corrected chi connectivity index (χ2v) is 8.32. The molecule has 1 aromatic rings. The van der Waals surface area contributed by atoms with Gasteiger partial charge in [-0.25, -0.2) is 0 Å². The SMILES string of the molecule is Cc1cc(N2CCCC(C)C2)ccc1B1OC(C)(C)C(C)(C)O1. The highest BCUT2D eigenvalue weighted by Crippen LogP contribution is 2.37. The number of benzene rings is 1. The Morgan fingerprint density at radius 1 is 1.13 bits per heavy atom. The summed E-state index contributed by atoms with van der Waals surface area (Å²) in [7, 11) is -0.269. The van der Waals surface area contributed by atoms with E-state index in [-0.39, 0.29) is 18.3 Å². The molecule has 2 aliphatic rings. The third-order valence-electron chi connectivity index (χ3n) is 5.78. The molecule has 2 saturated heterocycles. The van der Waals surface area contributed by atoms with Crippen LogP contribution >= 0.6 is 0 Å². The van der Waals surface area contributed by atoms with Gasteiger partial charge in [0.25, 0.3) is 0 Å². The van der Waals surface area contributed by atoms with Crippen LogP contribution in [-0.2, 0) is 9.31 Å². The molecular weight excluding hydrogens is 285 g/mol. The summed E-state index contributed by atoms with van der Waals surface area (Å²) in [6.45, 7) is 15.2. The molecule has 3 rings (SSSR count). The molecule has 0 bridgehead atoms. The van der Waals surface area contributed by atoms with Crippen LogP contribution in [0.25, 0.3) is 0 Å². The Bertz CT molecular complexity index is 569. The number of hydrogen-bond acceptors (Lipinski definition) is 3. The zero-order valence-electron chi connectivity index (χ0n) is 15.5. The van der Waals surface area contributed by atoms with E-state index in [0.717, 1.165) is 17.9 Å². The molecule has 2 aliphatic heterocycles. The minimum atomic E-state index is -0.287. The number of nitrogens with zero attached hydrogens (tertiary/aromatic N) is 1. The summed E-state index contributed by atoms with van der Waals surface area (Å²) < 4.78 is 12.4. The fourth-order valence-electron chi connectivity index (χ4n) is 3.51. The fourth-order valence-corrected chi connectivity index (χ4v) is 3.51. The Labute approximate surface area is 141 Å². The van der Waals surface area contributed by atoms with Crippen LogP contribution in [-0.4, -0.2) is 31.4 Å². The number of aryl methyl sites for hydroxylation is 1. The third-order valence-corrected chi connectivity index (χ3v) is 5.78. The van der Waals surface area contributed by atoms with Gasteiger partial charge in [-0.1, -0.05) is 13.0 Å². The highest BCUT2D eigenvalue weighted by atomic mass is 16.7. The Hall–Kier alpha value is -0.995. The maximum absolute atomic E-state index is 6.20. The van der Waals surface area contributed by atoms with Gasteiger partial charge in [0, 0.05) is 18.8 Å². The van der Waals surface area contributed by atoms with Gasteiger partial charge in [0.1, 0.15) is 0 Å². The zero-order chi connectivity index (χ0) is 16.8. The normalized spacial score (nSPS) is 26.6. The van der Waals surface area contributed by atoms with E-state index in [1.165, 1.54) is 30.6 Å². The first-order valence-corrected chi connectivity index (χ1v) is 8.91. The van der Waals surface area contributed by atoms with Crippen LogP contribution in [0.15, 0.2) is 18.2 Å². The topological polar surface area (TPSA) is 21.7 Å². The number of anilines is 1. The highest BCUT2D eigenvalue weighted by Gasteiger charge is 2.52. The predicted octanol–water partition coefficient (Wildman–Crippen LogP) is 3.53. The van der Waals surface area contributed by atoms with E-state index in [0.29, 0.717) is 0 Å². The second-order valence-electron chi connectivity index (χ2n) is 8.32. The summed E-state index contributed by atoms with van der Waals surface area (Å²) >= 11 is 0. The molecule has 2 fully saturated rings. The van der Waals surface area contributed by atoms with Gasteiger partial charge in [0.2, 0.25) is 0 Å². The molecule has 0 aliphatic carbocycles. The minimum absolute atomic E-state index is 0.269. The van der Waals surface area contributed by atoms with Crippen molar-refractivity contribution in [1.82, 2.24) is 0 Å². The van der Waals surface area contributed by atoms with Gasteiger partial charge in [-0.3, -0.25) is 0 Å². The van der Waals surface area contributed by atoms with Crippen LogP contribution < -0.4 is 10.4 Å². The lowest BCUT2D eigenvalue weighted by Crippen LogP contribution is -2.41. The van der Waals surface area contributed by atoms with Crippen molar-refractivity contribution in [1.29, 1.82) is 0 Å². The standard InChI is InChI=1S/C19H30BNO2/c1-14-8-7-11-21(13-14)16-9-10-17(15(2)12-16)20-22-18(3,4)19(5,6)23-20/h9-10,12,14H,7-8,11,13H2,1-6H3. The monoisotopic (exact) mass is 315 g/mol. The van der Waals surface area contributed by atoms with Crippen LogP contribution in [0.1, 0.15) is 53.0 Å². The maximum Gasteiger partial charge on any atom is 0.495 e. The summed E-state index contributed by atoms with van der Waals surface area (Å²) in [5.41, 5.74) is 3.15. The number of piperidine rings is 1. The largest absolute Gasteiger partial charge is 0.495 e. The molecule has 2 heterocycles. The Morgan fingerprint density at radius 3 is 2.35 bits per heavy atom. The summed E-state index contributed by atoms with van der Waals surface area (Å²) in [5.74, 6) is 0.784. The van der Waals surface area contributed by atoms with Crippen molar-refractivity contribution < 1.29 is 9.31 Å². The van der Waals surface area contributed by atoms with Crippen molar-refractivity contribution in [3.05, 3.63) is 23.8 Å². The number of rotatable bonds is 2. The lowest BCUT2D eigenvalue weighted by molar-refractivity contribution is 0.00578. The van der Waals surface area contributed by atoms with E-state index >= 15 is 0 Å². The molecule has 1 atom stereocenters. The van der Waals surface area contributed by atoms with Crippen molar-refractivity contribution in [2.75, 3.05) is 18.0 Å². The van der Waals surface area contributed by atoms with E-state index in [4.69, 9.17) is 9.31 Å². The molecule has 3 nitrogen and oxygen atoms in total. The molecule has 4 heteroatoms. The van der Waals surface area contributed by atoms with Crippen LogP contribution in [0, 0.1) is 12.8 Å². The van der Waals surface area contributed by atoms with Gasteiger partial charge in [-0.15, -0.1) is 0 Å². The van der Waals surface area contributed by atoms with Gasteiger partial charge >= 0.3 is 7.12 Å². The van der Waals surface area contributed by atoms with Crippen LogP contribution in [0.4, 0.5) is 5.69 Å². The smallest absolute Gasteiger partial charge is 0.399 e. The van der Waals surface area contributed by atoms with E-state index in [1.54, 1.807) is 0 Å². The molecule has 1 aromatic carbocycles. The average Bonchev–Trinajstić information content (AvgIpc) is 2.67. The minimum Gasteiger partial charge on any atom is -0.399 e. The Kier molecular flexibility index (Phi) is 4.26. The van der Waals surface area contributed by atoms with Gasteiger partial charge in [-0.05, 0) is 76.5 Å². The molecule has 0 aromatic heterocycles. The Morgan fingerprint density at radius 2 is 1.78 bits per heavy atom. The second kappa shape index (κ2) is 5.82.